The van der Waals surface area contributed by atoms with Crippen molar-refractivity contribution >= 4 is 27.0 Å². The molecule has 0 N–H and O–H groups in total. The molecule has 0 fully saturated rings. The van der Waals surface area contributed by atoms with Crippen molar-refractivity contribution in [3.8, 4) is 0 Å². The Hall–Kier alpha value is -2.93. The molecule has 1 amide bonds. The van der Waals surface area contributed by atoms with Crippen molar-refractivity contribution in [1.29, 1.82) is 0 Å². The summed E-state index contributed by atoms with van der Waals surface area (Å²) >= 11 is 0. The van der Waals surface area contributed by atoms with Gasteiger partial charge in [-0.25, -0.2) is 13.3 Å². The lowest BCUT2D eigenvalue weighted by atomic mass is 10.2. The zero-order valence-corrected chi connectivity index (χ0v) is 19.2. The van der Waals surface area contributed by atoms with Crippen molar-refractivity contribution in [1.82, 2.24) is 22.7 Å². The maximum Gasteiger partial charge on any atom is 0.471 e. The second-order valence-electron chi connectivity index (χ2n) is 7.71. The monoisotopic (exact) mass is 489 g/mol. The van der Waals surface area contributed by atoms with Crippen LogP contribution in [-0.2, 0) is 35.0 Å². The zero-order valence-electron chi connectivity index (χ0n) is 18.4. The van der Waals surface area contributed by atoms with Gasteiger partial charge in [0.1, 0.15) is 12.1 Å². The number of alkyl halides is 3. The molecule has 3 aromatic rings. The van der Waals surface area contributed by atoms with Crippen LogP contribution in [0.2, 0.25) is 0 Å². The third kappa shape index (κ3) is 4.74. The van der Waals surface area contributed by atoms with Gasteiger partial charge in [0.2, 0.25) is 0 Å². The van der Waals surface area contributed by atoms with Gasteiger partial charge in [-0.1, -0.05) is 12.1 Å². The average Bonchev–Trinajstić information content (AvgIpc) is 3.24. The summed E-state index contributed by atoms with van der Waals surface area (Å²) in [5, 5.41) is 0.588. The van der Waals surface area contributed by atoms with E-state index in [2.05, 4.69) is 4.98 Å². The van der Waals surface area contributed by atoms with Crippen LogP contribution in [0.4, 0.5) is 17.6 Å². The van der Waals surface area contributed by atoms with Crippen LogP contribution in [0.15, 0.2) is 30.6 Å². The molecule has 3 rings (SSSR count). The van der Waals surface area contributed by atoms with Crippen LogP contribution in [0.25, 0.3) is 10.9 Å². The first-order valence-electron chi connectivity index (χ1n) is 9.80. The van der Waals surface area contributed by atoms with E-state index in [-0.39, 0.29) is 24.4 Å². The van der Waals surface area contributed by atoms with E-state index in [0.717, 1.165) is 14.6 Å². The number of rotatable bonds is 7. The van der Waals surface area contributed by atoms with Crippen molar-refractivity contribution in [3.63, 3.8) is 0 Å². The zero-order chi connectivity index (χ0) is 24.7. The fraction of sp³-hybridized carbons (Fsp3) is 0.400. The van der Waals surface area contributed by atoms with Gasteiger partial charge < -0.3 is 9.47 Å². The highest BCUT2D eigenvalue weighted by Gasteiger charge is 2.42. The Kier molecular flexibility index (Phi) is 6.58. The molecule has 33 heavy (non-hydrogen) atoms. The Morgan fingerprint density at radius 3 is 2.45 bits per heavy atom. The minimum Gasteiger partial charge on any atom is -0.345 e. The number of nitrogens with zero attached hydrogens (tertiary/aromatic N) is 5. The number of halogens is 4. The van der Waals surface area contributed by atoms with Gasteiger partial charge in [-0.15, -0.1) is 0 Å². The van der Waals surface area contributed by atoms with Gasteiger partial charge in [0, 0.05) is 45.2 Å². The standard InChI is InChI=1S/C20H23F4N5O3S/c1-13-17(25-12-29(13)33(31,32)26(2)3)11-28(19(30)20(22,23)24)9-8-15-10-14-6-5-7-16(21)18(14)27(15)4/h5-7,10,12H,8-9,11H2,1-4H3. The topological polar surface area (TPSA) is 80.4 Å². The molecule has 0 spiro atoms. The normalized spacial score (nSPS) is 12.6. The number of fused-ring (bicyclic) bond motifs is 1. The molecule has 13 heteroatoms. The fourth-order valence-corrected chi connectivity index (χ4v) is 4.49. The summed E-state index contributed by atoms with van der Waals surface area (Å²) in [5.41, 5.74) is 0.952. The molecule has 180 valence electrons. The molecule has 0 bridgehead atoms. The smallest absolute Gasteiger partial charge is 0.345 e. The van der Waals surface area contributed by atoms with Crippen LogP contribution < -0.4 is 0 Å². The van der Waals surface area contributed by atoms with E-state index in [4.69, 9.17) is 0 Å². The Balaban J connectivity index is 1.90. The molecule has 2 heterocycles. The Bertz CT molecular complexity index is 1290. The molecule has 0 saturated carbocycles. The van der Waals surface area contributed by atoms with Gasteiger partial charge in [-0.2, -0.15) is 25.9 Å². The Morgan fingerprint density at radius 2 is 1.88 bits per heavy atom. The first-order chi connectivity index (χ1) is 15.2. The lowest BCUT2D eigenvalue weighted by Gasteiger charge is -2.23. The Labute approximate surface area is 188 Å². The summed E-state index contributed by atoms with van der Waals surface area (Å²) in [6.45, 7) is 0.515. The minimum absolute atomic E-state index is 0.0149. The highest BCUT2D eigenvalue weighted by Crippen LogP contribution is 2.24. The van der Waals surface area contributed by atoms with E-state index in [1.54, 1.807) is 19.2 Å². The summed E-state index contributed by atoms with van der Waals surface area (Å²) < 4.78 is 81.9. The van der Waals surface area contributed by atoms with Crippen LogP contribution in [0.1, 0.15) is 17.1 Å². The van der Waals surface area contributed by atoms with Crippen LogP contribution in [0.3, 0.4) is 0 Å². The molecule has 2 aromatic heterocycles. The predicted octanol–water partition coefficient (Wildman–Crippen LogP) is 2.61. The van der Waals surface area contributed by atoms with Crippen molar-refractivity contribution in [2.24, 2.45) is 7.05 Å². The number of imidazole rings is 1. The number of para-hydroxylation sites is 1. The SMILES string of the molecule is Cc1c(CN(CCc2cc3cccc(F)c3n2C)C(=O)C(F)(F)F)ncn1S(=O)(=O)N(C)C. The van der Waals surface area contributed by atoms with Crippen molar-refractivity contribution in [3.05, 3.63) is 53.5 Å². The third-order valence-corrected chi connectivity index (χ3v) is 7.18. The van der Waals surface area contributed by atoms with Gasteiger partial charge >= 0.3 is 22.3 Å². The largest absolute Gasteiger partial charge is 0.471 e. The van der Waals surface area contributed by atoms with Crippen LogP contribution >= 0.6 is 0 Å². The van der Waals surface area contributed by atoms with Crippen molar-refractivity contribution in [2.75, 3.05) is 20.6 Å². The molecule has 0 aliphatic heterocycles. The van der Waals surface area contributed by atoms with Crippen molar-refractivity contribution < 1.29 is 30.8 Å². The van der Waals surface area contributed by atoms with E-state index >= 15 is 0 Å². The van der Waals surface area contributed by atoms with E-state index in [1.165, 1.54) is 37.7 Å². The van der Waals surface area contributed by atoms with Gasteiger partial charge in [0.15, 0.2) is 0 Å². The van der Waals surface area contributed by atoms with E-state index < -0.39 is 34.7 Å². The summed E-state index contributed by atoms with van der Waals surface area (Å²) in [6.07, 6.45) is -4.12. The van der Waals surface area contributed by atoms with Gasteiger partial charge in [0.05, 0.1) is 23.4 Å². The number of amides is 1. The second-order valence-corrected chi connectivity index (χ2v) is 9.73. The first kappa shape index (κ1) is 24.7. The number of hydrogen-bond acceptors (Lipinski definition) is 4. The minimum atomic E-state index is -5.13. The molecule has 0 radical (unpaired) electrons. The summed E-state index contributed by atoms with van der Waals surface area (Å²) in [5.74, 6) is -2.54. The lowest BCUT2D eigenvalue weighted by molar-refractivity contribution is -0.186. The molecule has 1 aromatic carbocycles. The number of hydrogen-bond donors (Lipinski definition) is 0. The maximum atomic E-state index is 14.1. The van der Waals surface area contributed by atoms with Gasteiger partial charge in [-0.3, -0.25) is 4.79 Å². The predicted molar refractivity (Wildman–Crippen MR) is 113 cm³/mol. The van der Waals surface area contributed by atoms with Crippen LogP contribution in [-0.4, -0.2) is 63.9 Å². The highest BCUT2D eigenvalue weighted by molar-refractivity contribution is 7.87. The number of carbonyl (C=O) groups excluding carboxylic acids is 1. The Morgan fingerprint density at radius 1 is 1.21 bits per heavy atom. The fourth-order valence-electron chi connectivity index (χ4n) is 3.52. The van der Waals surface area contributed by atoms with E-state index in [9.17, 15) is 30.8 Å². The second kappa shape index (κ2) is 8.78. The molecular formula is C20H23F4N5O3S. The van der Waals surface area contributed by atoms with Crippen LogP contribution in [0, 0.1) is 12.7 Å². The molecule has 0 atom stereocenters. The molecular weight excluding hydrogens is 466 g/mol. The molecule has 0 saturated heterocycles. The molecule has 8 nitrogen and oxygen atoms in total. The number of aryl methyl sites for hydroxylation is 1. The number of benzene rings is 1. The number of aromatic nitrogens is 3. The van der Waals surface area contributed by atoms with Crippen molar-refractivity contribution in [2.45, 2.75) is 26.1 Å². The third-order valence-electron chi connectivity index (χ3n) is 5.39. The molecule has 0 aliphatic rings. The molecule has 0 aliphatic carbocycles. The van der Waals surface area contributed by atoms with Crippen LogP contribution in [0.5, 0.6) is 0 Å². The van der Waals surface area contributed by atoms with Gasteiger partial charge in [-0.05, 0) is 19.1 Å². The average molecular weight is 489 g/mol. The van der Waals surface area contributed by atoms with E-state index in [1.807, 2.05) is 0 Å². The highest BCUT2D eigenvalue weighted by atomic mass is 32.2. The summed E-state index contributed by atoms with van der Waals surface area (Å²) in [6, 6.07) is 6.15. The quantitative estimate of drug-likeness (QED) is 0.478. The lowest BCUT2D eigenvalue weighted by Crippen LogP contribution is -2.42. The van der Waals surface area contributed by atoms with E-state index in [0.29, 0.717) is 21.5 Å². The first-order valence-corrected chi connectivity index (χ1v) is 11.2. The summed E-state index contributed by atoms with van der Waals surface area (Å²) in [4.78, 5) is 16.6. The number of carbonyl (C=O) groups is 1. The molecule has 0 unspecified atom stereocenters. The van der Waals surface area contributed by atoms with Gasteiger partial charge in [0.25, 0.3) is 0 Å². The maximum absolute atomic E-state index is 14.1. The summed E-state index contributed by atoms with van der Waals surface area (Å²) in [7, 11) is 0.276.